The lowest BCUT2D eigenvalue weighted by Gasteiger charge is -2.40. The van der Waals surface area contributed by atoms with Crippen molar-refractivity contribution >= 4 is 23.2 Å². The Morgan fingerprint density at radius 3 is 2.78 bits per heavy atom. The zero-order valence-corrected chi connectivity index (χ0v) is 11.9. The van der Waals surface area contributed by atoms with Gasteiger partial charge in [-0.05, 0) is 37.8 Å². The highest BCUT2D eigenvalue weighted by molar-refractivity contribution is 6.42. The van der Waals surface area contributed by atoms with Crippen molar-refractivity contribution < 1.29 is 4.74 Å². The molecule has 100 valence electrons. The second-order valence-corrected chi connectivity index (χ2v) is 5.65. The molecule has 2 atom stereocenters. The molecule has 2 unspecified atom stereocenters. The van der Waals surface area contributed by atoms with E-state index >= 15 is 0 Å². The van der Waals surface area contributed by atoms with Crippen molar-refractivity contribution in [1.82, 2.24) is 5.43 Å². The number of hydrazine groups is 1. The number of nitrogens with two attached hydrogens (primary N) is 1. The van der Waals surface area contributed by atoms with E-state index in [0.29, 0.717) is 10.0 Å². The fraction of sp³-hybridized carbons (Fsp3) is 0.538. The quantitative estimate of drug-likeness (QED) is 0.661. The standard InChI is InChI=1S/C13H18Cl2N2O/c1-13(7-2-3-8-18-13)12(17-16)9-5-4-6-10(14)11(9)15/h4-6,12,17H,2-3,7-8,16H2,1H3. The first-order valence-corrected chi connectivity index (χ1v) is 6.88. The number of hydrogen-bond donors (Lipinski definition) is 2. The Kier molecular flexibility index (Phi) is 4.51. The first-order valence-electron chi connectivity index (χ1n) is 6.12. The van der Waals surface area contributed by atoms with E-state index in [4.69, 9.17) is 33.8 Å². The highest BCUT2D eigenvalue weighted by Crippen LogP contribution is 2.40. The maximum absolute atomic E-state index is 6.26. The minimum absolute atomic E-state index is 0.163. The Hall–Kier alpha value is -0.320. The van der Waals surface area contributed by atoms with Gasteiger partial charge in [-0.1, -0.05) is 35.3 Å². The summed E-state index contributed by atoms with van der Waals surface area (Å²) in [6.07, 6.45) is 3.17. The maximum Gasteiger partial charge on any atom is 0.0861 e. The van der Waals surface area contributed by atoms with Gasteiger partial charge in [0.15, 0.2) is 0 Å². The van der Waals surface area contributed by atoms with Gasteiger partial charge in [0, 0.05) is 6.61 Å². The molecule has 0 aliphatic carbocycles. The summed E-state index contributed by atoms with van der Waals surface area (Å²) in [5, 5.41) is 1.08. The lowest BCUT2D eigenvalue weighted by Crippen LogP contribution is -2.48. The third-order valence-corrected chi connectivity index (χ3v) is 4.40. The molecule has 1 saturated heterocycles. The summed E-state index contributed by atoms with van der Waals surface area (Å²) in [5.74, 6) is 5.71. The van der Waals surface area contributed by atoms with Gasteiger partial charge in [-0.2, -0.15) is 0 Å². The van der Waals surface area contributed by atoms with Crippen LogP contribution in [-0.4, -0.2) is 12.2 Å². The van der Waals surface area contributed by atoms with Crippen LogP contribution in [-0.2, 0) is 4.74 Å². The average molecular weight is 289 g/mol. The monoisotopic (exact) mass is 288 g/mol. The van der Waals surface area contributed by atoms with E-state index in [2.05, 4.69) is 12.3 Å². The largest absolute Gasteiger partial charge is 0.373 e. The molecule has 3 nitrogen and oxygen atoms in total. The minimum atomic E-state index is -0.346. The zero-order valence-electron chi connectivity index (χ0n) is 10.4. The van der Waals surface area contributed by atoms with Gasteiger partial charge in [0.2, 0.25) is 0 Å². The van der Waals surface area contributed by atoms with Crippen LogP contribution in [0, 0.1) is 0 Å². The second-order valence-electron chi connectivity index (χ2n) is 4.86. The molecule has 0 spiro atoms. The fourth-order valence-corrected chi connectivity index (χ4v) is 2.94. The number of rotatable bonds is 3. The summed E-state index contributed by atoms with van der Waals surface area (Å²) in [5.41, 5.74) is 3.37. The number of nitrogens with one attached hydrogen (secondary N) is 1. The number of halogens is 2. The van der Waals surface area contributed by atoms with E-state index in [1.54, 1.807) is 6.07 Å². The predicted molar refractivity (Wildman–Crippen MR) is 74.7 cm³/mol. The topological polar surface area (TPSA) is 47.3 Å². The van der Waals surface area contributed by atoms with Crippen molar-refractivity contribution in [2.45, 2.75) is 37.8 Å². The first-order chi connectivity index (χ1) is 8.58. The zero-order chi connectivity index (χ0) is 13.2. The third-order valence-electron chi connectivity index (χ3n) is 3.57. The van der Waals surface area contributed by atoms with Crippen LogP contribution in [0.5, 0.6) is 0 Å². The van der Waals surface area contributed by atoms with Crippen molar-refractivity contribution in [1.29, 1.82) is 0 Å². The fourth-order valence-electron chi connectivity index (χ4n) is 2.52. The molecule has 0 saturated carbocycles. The number of ether oxygens (including phenoxy) is 1. The lowest BCUT2D eigenvalue weighted by molar-refractivity contribution is -0.0898. The molecule has 3 N–H and O–H groups in total. The van der Waals surface area contributed by atoms with E-state index < -0.39 is 0 Å². The molecule has 0 amide bonds. The van der Waals surface area contributed by atoms with Crippen LogP contribution in [0.25, 0.3) is 0 Å². The van der Waals surface area contributed by atoms with Crippen molar-refractivity contribution in [3.63, 3.8) is 0 Å². The second kappa shape index (κ2) is 5.76. The third kappa shape index (κ3) is 2.65. The van der Waals surface area contributed by atoms with Crippen LogP contribution in [0.3, 0.4) is 0 Å². The van der Waals surface area contributed by atoms with Crippen molar-refractivity contribution in [2.75, 3.05) is 6.61 Å². The molecule has 1 fully saturated rings. The van der Waals surface area contributed by atoms with Gasteiger partial charge in [-0.25, -0.2) is 0 Å². The van der Waals surface area contributed by atoms with Crippen LogP contribution in [0.2, 0.25) is 10.0 Å². The van der Waals surface area contributed by atoms with Gasteiger partial charge in [-0.15, -0.1) is 0 Å². The van der Waals surface area contributed by atoms with Crippen molar-refractivity contribution in [3.8, 4) is 0 Å². The molecule has 1 aliphatic heterocycles. The Morgan fingerprint density at radius 2 is 2.17 bits per heavy atom. The van der Waals surface area contributed by atoms with E-state index in [1.165, 1.54) is 0 Å². The Labute approximate surface area is 118 Å². The number of benzene rings is 1. The summed E-state index contributed by atoms with van der Waals surface area (Å²) in [7, 11) is 0. The Balaban J connectivity index is 2.35. The van der Waals surface area contributed by atoms with E-state index in [0.717, 1.165) is 31.4 Å². The molecular weight excluding hydrogens is 271 g/mol. The Bertz CT molecular complexity index is 419. The molecule has 18 heavy (non-hydrogen) atoms. The molecule has 1 aliphatic rings. The Morgan fingerprint density at radius 1 is 1.39 bits per heavy atom. The summed E-state index contributed by atoms with van der Waals surface area (Å²) in [6.45, 7) is 2.82. The molecule has 0 radical (unpaired) electrons. The molecular formula is C13H18Cl2N2O. The summed E-state index contributed by atoms with van der Waals surface area (Å²) < 4.78 is 5.92. The minimum Gasteiger partial charge on any atom is -0.373 e. The molecule has 1 aromatic carbocycles. The van der Waals surface area contributed by atoms with E-state index in [9.17, 15) is 0 Å². The lowest BCUT2D eigenvalue weighted by atomic mass is 9.84. The molecule has 5 heteroatoms. The van der Waals surface area contributed by atoms with Gasteiger partial charge >= 0.3 is 0 Å². The average Bonchev–Trinajstić information content (AvgIpc) is 2.36. The SMILES string of the molecule is CC1(C(NN)c2cccc(Cl)c2Cl)CCCCO1. The summed E-state index contributed by atoms with van der Waals surface area (Å²) in [4.78, 5) is 0. The number of hydrogen-bond acceptors (Lipinski definition) is 3. The van der Waals surface area contributed by atoms with Crippen LogP contribution < -0.4 is 11.3 Å². The van der Waals surface area contributed by atoms with Gasteiger partial charge in [0.05, 0.1) is 21.7 Å². The van der Waals surface area contributed by atoms with Crippen LogP contribution in [0.15, 0.2) is 18.2 Å². The van der Waals surface area contributed by atoms with Crippen LogP contribution in [0.4, 0.5) is 0 Å². The molecule has 2 rings (SSSR count). The molecule has 1 heterocycles. The highest BCUT2D eigenvalue weighted by atomic mass is 35.5. The predicted octanol–water partition coefficient (Wildman–Crippen LogP) is 3.46. The van der Waals surface area contributed by atoms with Gasteiger partial charge < -0.3 is 4.74 Å². The molecule has 0 bridgehead atoms. The molecule has 1 aromatic rings. The van der Waals surface area contributed by atoms with Gasteiger partial charge in [0.1, 0.15) is 0 Å². The van der Waals surface area contributed by atoms with E-state index in [1.807, 2.05) is 12.1 Å². The van der Waals surface area contributed by atoms with Crippen molar-refractivity contribution in [3.05, 3.63) is 33.8 Å². The summed E-state index contributed by atoms with van der Waals surface area (Å²) >= 11 is 12.3. The molecule has 0 aromatic heterocycles. The van der Waals surface area contributed by atoms with Crippen molar-refractivity contribution in [2.24, 2.45) is 5.84 Å². The van der Waals surface area contributed by atoms with Gasteiger partial charge in [-0.3, -0.25) is 11.3 Å². The smallest absolute Gasteiger partial charge is 0.0861 e. The summed E-state index contributed by atoms with van der Waals surface area (Å²) in [6, 6.07) is 5.41. The highest BCUT2D eigenvalue weighted by Gasteiger charge is 2.38. The van der Waals surface area contributed by atoms with Crippen LogP contribution >= 0.6 is 23.2 Å². The normalized spacial score (nSPS) is 26.0. The van der Waals surface area contributed by atoms with Crippen LogP contribution in [0.1, 0.15) is 37.8 Å². The first kappa shape index (κ1) is 14.1. The maximum atomic E-state index is 6.26. The van der Waals surface area contributed by atoms with E-state index in [-0.39, 0.29) is 11.6 Å². The van der Waals surface area contributed by atoms with Gasteiger partial charge in [0.25, 0.3) is 0 Å².